The van der Waals surface area contributed by atoms with Crippen molar-refractivity contribution in [1.29, 1.82) is 0 Å². The third-order valence-electron chi connectivity index (χ3n) is 5.81. The highest BCUT2D eigenvalue weighted by Crippen LogP contribution is 2.28. The van der Waals surface area contributed by atoms with Gasteiger partial charge in [-0.05, 0) is 30.3 Å². The van der Waals surface area contributed by atoms with Gasteiger partial charge < -0.3 is 14.1 Å². The van der Waals surface area contributed by atoms with Gasteiger partial charge in [0, 0.05) is 42.3 Å². The van der Waals surface area contributed by atoms with Crippen LogP contribution < -0.4 is 4.90 Å². The molecule has 1 saturated heterocycles. The molecule has 0 spiro atoms. The molecule has 182 valence electrons. The number of carbonyl (C=O) groups is 1. The molecule has 1 fully saturated rings. The van der Waals surface area contributed by atoms with Crippen molar-refractivity contribution in [3.05, 3.63) is 59.9 Å². The lowest BCUT2D eigenvalue weighted by molar-refractivity contribution is 0.0548. The summed E-state index contributed by atoms with van der Waals surface area (Å²) in [5, 5.41) is 12.0. The van der Waals surface area contributed by atoms with E-state index in [1.54, 1.807) is 28.9 Å². The van der Waals surface area contributed by atoms with Crippen molar-refractivity contribution in [3.8, 4) is 11.5 Å². The van der Waals surface area contributed by atoms with Crippen LogP contribution in [-0.4, -0.2) is 57.2 Å². The first-order valence-corrected chi connectivity index (χ1v) is 10.9. The molecule has 1 aliphatic rings. The van der Waals surface area contributed by atoms with Crippen LogP contribution in [0.2, 0.25) is 0 Å². The molecule has 12 heteroatoms. The Morgan fingerprint density at radius 2 is 1.94 bits per heavy atom. The maximum atomic E-state index is 15.1. The molecule has 3 heterocycles. The molecule has 0 unspecified atom stereocenters. The van der Waals surface area contributed by atoms with Crippen LogP contribution in [0.3, 0.4) is 0 Å². The summed E-state index contributed by atoms with van der Waals surface area (Å²) >= 11 is 0. The summed E-state index contributed by atoms with van der Waals surface area (Å²) in [6.07, 6.45) is -1.19. The summed E-state index contributed by atoms with van der Waals surface area (Å²) < 4.78 is 52.6. The van der Waals surface area contributed by atoms with E-state index in [0.29, 0.717) is 32.0 Å². The standard InChI is InChI=1S/C23H21F3N6O3/c1-30-19-11-17(5-4-15(19)12-27-30)32(23(33)31-6-8-34-9-7-31)13-16-3-2-14(10-18(16)24)21-28-29-22(35-21)20(25)26/h2-5,10-12,20H,6-9,13H2,1H3. The van der Waals surface area contributed by atoms with E-state index >= 15 is 4.39 Å². The molecule has 2 aromatic carbocycles. The number of carbonyl (C=O) groups excluding carboxylic acids is 1. The number of aryl methyl sites for hydroxylation is 1. The van der Waals surface area contributed by atoms with Crippen LogP contribution in [-0.2, 0) is 18.3 Å². The molecular formula is C23H21F3N6O3. The van der Waals surface area contributed by atoms with Crippen LogP contribution in [0.15, 0.2) is 47.0 Å². The van der Waals surface area contributed by atoms with Crippen LogP contribution in [0, 0.1) is 5.82 Å². The van der Waals surface area contributed by atoms with Crippen molar-refractivity contribution < 1.29 is 27.1 Å². The first-order valence-electron chi connectivity index (χ1n) is 10.9. The van der Waals surface area contributed by atoms with E-state index in [1.807, 2.05) is 12.1 Å². The first-order chi connectivity index (χ1) is 16.9. The fourth-order valence-corrected chi connectivity index (χ4v) is 3.91. The number of hydrogen-bond acceptors (Lipinski definition) is 6. The summed E-state index contributed by atoms with van der Waals surface area (Å²) in [4.78, 5) is 16.6. The molecule has 9 nitrogen and oxygen atoms in total. The highest BCUT2D eigenvalue weighted by atomic mass is 19.3. The van der Waals surface area contributed by atoms with Gasteiger partial charge in [0.15, 0.2) is 0 Å². The molecule has 0 atom stereocenters. The number of ether oxygens (including phenoxy) is 1. The van der Waals surface area contributed by atoms with Gasteiger partial charge >= 0.3 is 12.5 Å². The Morgan fingerprint density at radius 1 is 1.14 bits per heavy atom. The second kappa shape index (κ2) is 9.37. The van der Waals surface area contributed by atoms with Crippen molar-refractivity contribution in [1.82, 2.24) is 24.9 Å². The predicted molar refractivity (Wildman–Crippen MR) is 119 cm³/mol. The van der Waals surface area contributed by atoms with Gasteiger partial charge in [-0.25, -0.2) is 9.18 Å². The molecule has 0 radical (unpaired) electrons. The Hall–Kier alpha value is -3.93. The number of anilines is 1. The number of hydrogen-bond donors (Lipinski definition) is 0. The quantitative estimate of drug-likeness (QED) is 0.421. The molecule has 0 bridgehead atoms. The highest BCUT2D eigenvalue weighted by Gasteiger charge is 2.26. The van der Waals surface area contributed by atoms with E-state index in [0.717, 1.165) is 17.0 Å². The van der Waals surface area contributed by atoms with Gasteiger partial charge in [-0.15, -0.1) is 10.2 Å². The summed E-state index contributed by atoms with van der Waals surface area (Å²) in [5.41, 5.74) is 1.80. The number of nitrogens with zero attached hydrogens (tertiary/aromatic N) is 6. The van der Waals surface area contributed by atoms with Crippen molar-refractivity contribution in [2.24, 2.45) is 7.05 Å². The monoisotopic (exact) mass is 486 g/mol. The Kier molecular flexibility index (Phi) is 6.12. The van der Waals surface area contributed by atoms with Gasteiger partial charge in [0.05, 0.1) is 31.5 Å². The minimum absolute atomic E-state index is 0.0578. The van der Waals surface area contributed by atoms with Crippen LogP contribution in [0.1, 0.15) is 17.9 Å². The molecule has 0 aliphatic carbocycles. The van der Waals surface area contributed by atoms with E-state index in [1.165, 1.54) is 17.0 Å². The van der Waals surface area contributed by atoms with E-state index in [2.05, 4.69) is 15.3 Å². The van der Waals surface area contributed by atoms with Crippen LogP contribution in [0.25, 0.3) is 22.4 Å². The Morgan fingerprint density at radius 3 is 2.66 bits per heavy atom. The summed E-state index contributed by atoms with van der Waals surface area (Å²) in [7, 11) is 1.80. The van der Waals surface area contributed by atoms with Crippen LogP contribution >= 0.6 is 0 Å². The van der Waals surface area contributed by atoms with Gasteiger partial charge in [0.1, 0.15) is 5.82 Å². The van der Waals surface area contributed by atoms with E-state index in [4.69, 9.17) is 9.15 Å². The van der Waals surface area contributed by atoms with Crippen LogP contribution in [0.5, 0.6) is 0 Å². The summed E-state index contributed by atoms with van der Waals surface area (Å²) in [6, 6.07) is 9.28. The minimum Gasteiger partial charge on any atom is -0.415 e. The molecule has 0 saturated carbocycles. The zero-order chi connectivity index (χ0) is 24.5. The fraction of sp³-hybridized carbons (Fsp3) is 0.304. The number of aromatic nitrogens is 4. The fourth-order valence-electron chi connectivity index (χ4n) is 3.91. The molecule has 35 heavy (non-hydrogen) atoms. The van der Waals surface area contributed by atoms with Crippen LogP contribution in [0.4, 0.5) is 23.7 Å². The highest BCUT2D eigenvalue weighted by molar-refractivity contribution is 5.94. The molecule has 2 aromatic heterocycles. The maximum absolute atomic E-state index is 15.1. The third-order valence-corrected chi connectivity index (χ3v) is 5.81. The van der Waals surface area contributed by atoms with Crippen molar-refractivity contribution in [3.63, 3.8) is 0 Å². The Bertz CT molecular complexity index is 1370. The normalized spacial score (nSPS) is 14.1. The zero-order valence-electron chi connectivity index (χ0n) is 18.7. The van der Waals surface area contributed by atoms with Crippen molar-refractivity contribution >= 4 is 22.6 Å². The average Bonchev–Trinajstić information content (AvgIpc) is 3.51. The average molecular weight is 486 g/mol. The van der Waals surface area contributed by atoms with E-state index < -0.39 is 18.1 Å². The number of amides is 2. The second-order valence-electron chi connectivity index (χ2n) is 8.03. The summed E-state index contributed by atoms with van der Waals surface area (Å²) in [5.74, 6) is -1.69. The zero-order valence-corrected chi connectivity index (χ0v) is 18.7. The number of fused-ring (bicyclic) bond motifs is 1. The number of alkyl halides is 2. The first kappa shape index (κ1) is 22.8. The smallest absolute Gasteiger partial charge is 0.324 e. The lowest BCUT2D eigenvalue weighted by atomic mass is 10.1. The topological polar surface area (TPSA) is 89.5 Å². The van der Waals surface area contributed by atoms with Crippen molar-refractivity contribution in [2.75, 3.05) is 31.2 Å². The van der Waals surface area contributed by atoms with E-state index in [-0.39, 0.29) is 29.6 Å². The lowest BCUT2D eigenvalue weighted by Gasteiger charge is -2.33. The molecule has 2 amide bonds. The maximum Gasteiger partial charge on any atom is 0.324 e. The molecule has 5 rings (SSSR count). The number of halogens is 3. The van der Waals surface area contributed by atoms with Gasteiger partial charge in [-0.1, -0.05) is 6.07 Å². The van der Waals surface area contributed by atoms with E-state index in [9.17, 15) is 13.6 Å². The molecule has 4 aromatic rings. The molecular weight excluding hydrogens is 465 g/mol. The number of rotatable bonds is 5. The molecule has 0 N–H and O–H groups in total. The van der Waals surface area contributed by atoms with Crippen molar-refractivity contribution in [2.45, 2.75) is 13.0 Å². The van der Waals surface area contributed by atoms with Gasteiger partial charge in [-0.2, -0.15) is 13.9 Å². The minimum atomic E-state index is -2.92. The second-order valence-corrected chi connectivity index (χ2v) is 8.03. The predicted octanol–water partition coefficient (Wildman–Crippen LogP) is 4.16. The Labute approximate surface area is 197 Å². The number of morpholine rings is 1. The van der Waals surface area contributed by atoms with Gasteiger partial charge in [-0.3, -0.25) is 9.58 Å². The summed E-state index contributed by atoms with van der Waals surface area (Å²) in [6.45, 7) is 1.64. The number of benzene rings is 2. The SMILES string of the molecule is Cn1ncc2ccc(N(Cc3ccc(-c4nnc(C(F)F)o4)cc3F)C(=O)N3CCOCC3)cc21. The third kappa shape index (κ3) is 4.56. The van der Waals surface area contributed by atoms with Gasteiger partial charge in [0.25, 0.3) is 5.89 Å². The Balaban J connectivity index is 1.47. The lowest BCUT2D eigenvalue weighted by Crippen LogP contribution is -2.48. The number of urea groups is 1. The molecule has 1 aliphatic heterocycles. The largest absolute Gasteiger partial charge is 0.415 e. The van der Waals surface area contributed by atoms with Gasteiger partial charge in [0.2, 0.25) is 5.89 Å².